The number of aliphatic hydroxyl groups is 5. The summed E-state index contributed by atoms with van der Waals surface area (Å²) in [5.74, 6) is -1.22. The molecule has 1 heterocycles. The second-order valence-corrected chi connectivity index (χ2v) is 18.7. The van der Waals surface area contributed by atoms with Gasteiger partial charge in [0.25, 0.3) is 0 Å². The van der Waals surface area contributed by atoms with Gasteiger partial charge < -0.3 is 45.1 Å². The van der Waals surface area contributed by atoms with Crippen LogP contribution in [0.3, 0.4) is 0 Å². The van der Waals surface area contributed by atoms with Crippen LogP contribution in [-0.2, 0) is 23.8 Å². The topological polar surface area (TPSA) is 175 Å². The van der Waals surface area contributed by atoms with E-state index in [2.05, 4.69) is 38.2 Å². The lowest BCUT2D eigenvalue weighted by Crippen LogP contribution is -2.61. The van der Waals surface area contributed by atoms with E-state index >= 15 is 0 Å². The summed E-state index contributed by atoms with van der Waals surface area (Å²) in [4.78, 5) is 26.3. The van der Waals surface area contributed by atoms with Crippen LogP contribution in [-0.4, -0.2) is 99.6 Å². The van der Waals surface area contributed by atoms with Crippen LogP contribution in [0.1, 0.15) is 220 Å². The molecule has 0 bridgehead atoms. The Bertz CT molecular complexity index is 1320. The second-order valence-electron chi connectivity index (χ2n) is 18.7. The molecule has 1 saturated heterocycles. The van der Waals surface area contributed by atoms with Crippen molar-refractivity contribution >= 4 is 11.9 Å². The van der Waals surface area contributed by atoms with Gasteiger partial charge in [-0.25, -0.2) is 0 Å². The van der Waals surface area contributed by atoms with Gasteiger partial charge in [0, 0.05) is 6.42 Å². The summed E-state index contributed by atoms with van der Waals surface area (Å²) in [6.07, 6.45) is 42.7. The van der Waals surface area contributed by atoms with E-state index in [-0.39, 0.29) is 19.4 Å². The number of amides is 1. The zero-order valence-corrected chi connectivity index (χ0v) is 42.5. The van der Waals surface area contributed by atoms with Crippen molar-refractivity contribution in [3.8, 4) is 0 Å². The Balaban J connectivity index is 2.78. The summed E-state index contributed by atoms with van der Waals surface area (Å²) in [5, 5.41) is 56.6. The fourth-order valence-corrected chi connectivity index (χ4v) is 8.19. The van der Waals surface area contributed by atoms with Crippen LogP contribution in [0.15, 0.2) is 60.8 Å². The monoisotopic (exact) mass is 946 g/mol. The highest BCUT2D eigenvalue weighted by Gasteiger charge is 2.47. The number of ether oxygens (including phenoxy) is 3. The number of rotatable bonds is 44. The Kier molecular flexibility index (Phi) is 41.5. The fraction of sp³-hybridized carbons (Fsp3) is 0.786. The van der Waals surface area contributed by atoms with Crippen molar-refractivity contribution in [3.05, 3.63) is 60.8 Å². The van der Waals surface area contributed by atoms with E-state index < -0.39 is 67.4 Å². The summed E-state index contributed by atoms with van der Waals surface area (Å²) in [6, 6.07) is -1.03. The molecule has 8 atom stereocenters. The number of hydrogen-bond donors (Lipinski definition) is 6. The third-order valence-electron chi connectivity index (χ3n) is 12.5. The van der Waals surface area contributed by atoms with Crippen molar-refractivity contribution in [1.29, 1.82) is 0 Å². The maximum absolute atomic E-state index is 13.3. The number of carbonyl (C=O) groups excluding carboxylic acids is 2. The molecule has 8 unspecified atom stereocenters. The van der Waals surface area contributed by atoms with Gasteiger partial charge in [-0.05, 0) is 44.9 Å². The number of hydrogen-bond acceptors (Lipinski definition) is 10. The Labute approximate surface area is 408 Å². The van der Waals surface area contributed by atoms with Crippen molar-refractivity contribution in [2.24, 2.45) is 0 Å². The van der Waals surface area contributed by atoms with Gasteiger partial charge in [0.05, 0.1) is 25.4 Å². The molecule has 11 nitrogen and oxygen atoms in total. The molecule has 388 valence electrons. The van der Waals surface area contributed by atoms with E-state index in [1.54, 1.807) is 6.08 Å². The van der Waals surface area contributed by atoms with Crippen LogP contribution in [0.2, 0.25) is 0 Å². The van der Waals surface area contributed by atoms with Crippen molar-refractivity contribution in [2.75, 3.05) is 13.2 Å². The molecule has 0 aromatic carbocycles. The van der Waals surface area contributed by atoms with Crippen LogP contribution in [0.4, 0.5) is 0 Å². The van der Waals surface area contributed by atoms with Gasteiger partial charge in [-0.3, -0.25) is 9.59 Å². The van der Waals surface area contributed by atoms with Crippen LogP contribution in [0.25, 0.3) is 0 Å². The maximum atomic E-state index is 13.3. The normalized spacial score (nSPS) is 20.5. The summed E-state index contributed by atoms with van der Waals surface area (Å²) in [7, 11) is 0. The predicted molar refractivity (Wildman–Crippen MR) is 273 cm³/mol. The fourth-order valence-electron chi connectivity index (χ4n) is 8.19. The van der Waals surface area contributed by atoms with E-state index in [4.69, 9.17) is 14.2 Å². The lowest BCUT2D eigenvalue weighted by Gasteiger charge is -2.41. The number of aliphatic hydroxyl groups excluding tert-OH is 5. The molecule has 1 fully saturated rings. The third-order valence-corrected chi connectivity index (χ3v) is 12.5. The van der Waals surface area contributed by atoms with Crippen molar-refractivity contribution in [1.82, 2.24) is 5.32 Å². The minimum absolute atomic E-state index is 0.0966. The Hall–Kier alpha value is -2.64. The highest BCUT2D eigenvalue weighted by Crippen LogP contribution is 2.26. The molecule has 1 aliphatic heterocycles. The van der Waals surface area contributed by atoms with E-state index in [1.807, 2.05) is 42.5 Å². The molecule has 0 spiro atoms. The van der Waals surface area contributed by atoms with E-state index in [0.717, 1.165) is 77.0 Å². The van der Waals surface area contributed by atoms with Crippen molar-refractivity contribution in [3.63, 3.8) is 0 Å². The largest absolute Gasteiger partial charge is 0.454 e. The lowest BCUT2D eigenvalue weighted by atomic mass is 9.99. The van der Waals surface area contributed by atoms with E-state index in [1.165, 1.54) is 96.3 Å². The van der Waals surface area contributed by atoms with Gasteiger partial charge in [-0.15, -0.1) is 0 Å². The molecule has 11 heteroatoms. The number of nitrogens with one attached hydrogen (secondary N) is 1. The van der Waals surface area contributed by atoms with Gasteiger partial charge in [-0.1, -0.05) is 229 Å². The highest BCUT2D eigenvalue weighted by molar-refractivity contribution is 5.80. The highest BCUT2D eigenvalue weighted by atomic mass is 16.7. The van der Waals surface area contributed by atoms with Gasteiger partial charge in [0.1, 0.15) is 24.4 Å². The third kappa shape index (κ3) is 33.5. The Morgan fingerprint density at radius 1 is 0.597 bits per heavy atom. The van der Waals surface area contributed by atoms with Crippen molar-refractivity contribution in [2.45, 2.75) is 269 Å². The smallest absolute Gasteiger partial charge is 0.306 e. The summed E-state index contributed by atoms with van der Waals surface area (Å²) in [5.41, 5.74) is 0. The van der Waals surface area contributed by atoms with Gasteiger partial charge in [-0.2, -0.15) is 0 Å². The Morgan fingerprint density at radius 3 is 1.61 bits per heavy atom. The zero-order valence-electron chi connectivity index (χ0n) is 42.5. The molecule has 0 radical (unpaired) electrons. The molecule has 1 amide bonds. The minimum Gasteiger partial charge on any atom is -0.454 e. The molecule has 0 aromatic heterocycles. The first kappa shape index (κ1) is 62.4. The first-order valence-corrected chi connectivity index (χ1v) is 27.1. The molecular weight excluding hydrogens is 847 g/mol. The SMILES string of the molecule is CC/C=C/C=C/C=C/C=C\CCCCCCCC(=O)OC1C(OCC(NC(=O)C(O)CCCCCCCCCCCC)C(O)/C=C/CCCCCCCCCCCCC)OC(CO)C(O)C1O. The van der Waals surface area contributed by atoms with Gasteiger partial charge in [0.2, 0.25) is 5.91 Å². The van der Waals surface area contributed by atoms with Gasteiger partial charge >= 0.3 is 5.97 Å². The molecule has 0 aromatic rings. The van der Waals surface area contributed by atoms with Crippen LogP contribution >= 0.6 is 0 Å². The molecule has 0 saturated carbocycles. The van der Waals surface area contributed by atoms with Crippen molar-refractivity contribution < 1.29 is 49.3 Å². The van der Waals surface area contributed by atoms with Crippen LogP contribution in [0.5, 0.6) is 0 Å². The molecule has 67 heavy (non-hydrogen) atoms. The minimum atomic E-state index is -1.62. The predicted octanol–water partition coefficient (Wildman–Crippen LogP) is 11.5. The Morgan fingerprint density at radius 2 is 1.07 bits per heavy atom. The quantitative estimate of drug-likeness (QED) is 0.0149. The van der Waals surface area contributed by atoms with Crippen LogP contribution < -0.4 is 5.32 Å². The average molecular weight is 946 g/mol. The van der Waals surface area contributed by atoms with Crippen LogP contribution in [0, 0.1) is 0 Å². The average Bonchev–Trinajstić information content (AvgIpc) is 3.32. The zero-order chi connectivity index (χ0) is 49.0. The standard InChI is InChI=1S/C56H99NO10/c1-4-7-10-13-16-19-22-24-25-27-29-32-35-38-41-44-51(61)67-54-53(63)52(62)50(45-58)66-56(54)65-46-47(48(59)42-39-36-33-31-28-26-23-20-17-14-11-8-5-2)57-55(64)49(60)43-40-37-34-30-21-18-15-12-9-6-3/h7,10,13,16,19,22,24-25,39,42,47-50,52-54,56,58-60,62-63H,4-6,8-9,11-12,14-15,17-18,20-21,23,26-38,40-41,43-46H2,1-3H3,(H,57,64)/b10-7+,16-13+,22-19+,25-24-,42-39+. The number of unbranched alkanes of at least 4 members (excludes halogenated alkanes) is 25. The molecule has 1 aliphatic rings. The molecule has 0 aliphatic carbocycles. The second kappa shape index (κ2) is 44.6. The summed E-state index contributed by atoms with van der Waals surface area (Å²) in [6.45, 7) is 5.60. The lowest BCUT2D eigenvalue weighted by molar-refractivity contribution is -0.305. The molecule has 1 rings (SSSR count). The van der Waals surface area contributed by atoms with E-state index in [9.17, 15) is 35.1 Å². The molecule has 6 N–H and O–H groups in total. The maximum Gasteiger partial charge on any atom is 0.306 e. The van der Waals surface area contributed by atoms with Gasteiger partial charge in [0.15, 0.2) is 12.4 Å². The molecular formula is C56H99NO10. The number of carbonyl (C=O) groups is 2. The summed E-state index contributed by atoms with van der Waals surface area (Å²) >= 11 is 0. The number of allylic oxidation sites excluding steroid dienone is 9. The number of esters is 1. The summed E-state index contributed by atoms with van der Waals surface area (Å²) < 4.78 is 17.5. The van der Waals surface area contributed by atoms with E-state index in [0.29, 0.717) is 12.8 Å². The first-order valence-electron chi connectivity index (χ1n) is 27.1. The first-order chi connectivity index (χ1) is 32.7.